The van der Waals surface area contributed by atoms with Gasteiger partial charge in [0.15, 0.2) is 0 Å². The van der Waals surface area contributed by atoms with E-state index in [-0.39, 0.29) is 18.1 Å². The van der Waals surface area contributed by atoms with Gasteiger partial charge in [-0.2, -0.15) is 0 Å². The maximum absolute atomic E-state index is 9.31. The Balaban J connectivity index is 2.75. The van der Waals surface area contributed by atoms with E-state index in [0.29, 0.717) is 5.92 Å². The van der Waals surface area contributed by atoms with E-state index in [1.54, 1.807) is 0 Å². The summed E-state index contributed by atoms with van der Waals surface area (Å²) in [5.74, 6) is 0.321. The molecule has 0 aromatic carbocycles. The maximum Gasteiger partial charge on any atom is 0.0778 e. The van der Waals surface area contributed by atoms with E-state index in [9.17, 15) is 5.11 Å². The quantitative estimate of drug-likeness (QED) is 0.709. The van der Waals surface area contributed by atoms with Crippen LogP contribution in [0.15, 0.2) is 29.3 Å². The van der Waals surface area contributed by atoms with Gasteiger partial charge in [0.25, 0.3) is 0 Å². The summed E-state index contributed by atoms with van der Waals surface area (Å²) in [7, 11) is 0. The van der Waals surface area contributed by atoms with Crippen LogP contribution in [0.4, 0.5) is 0 Å². The average molecular weight is 207 g/mol. The van der Waals surface area contributed by atoms with Crippen molar-refractivity contribution in [2.75, 3.05) is 6.61 Å². The maximum atomic E-state index is 9.31. The van der Waals surface area contributed by atoms with Crippen molar-refractivity contribution in [2.45, 2.75) is 33.7 Å². The van der Waals surface area contributed by atoms with Crippen LogP contribution < -0.4 is 0 Å². The van der Waals surface area contributed by atoms with Gasteiger partial charge in [-0.05, 0) is 12.3 Å². The fraction of sp³-hybridized carbons (Fsp3) is 0.615. The molecule has 0 saturated carbocycles. The summed E-state index contributed by atoms with van der Waals surface area (Å²) in [6.45, 7) is 8.45. The second kappa shape index (κ2) is 4.75. The Labute approximate surface area is 92.4 Å². The second-order valence-corrected chi connectivity index (χ2v) is 5.13. The lowest BCUT2D eigenvalue weighted by molar-refractivity contribution is 0.190. The molecule has 0 amide bonds. The molecule has 2 nitrogen and oxygen atoms in total. The van der Waals surface area contributed by atoms with Crippen molar-refractivity contribution < 1.29 is 5.11 Å². The molecule has 0 aromatic heterocycles. The molecule has 1 aliphatic rings. The Morgan fingerprint density at radius 2 is 1.87 bits per heavy atom. The molecule has 1 rings (SSSR count). The van der Waals surface area contributed by atoms with Crippen molar-refractivity contribution in [1.82, 2.24) is 0 Å². The number of hydrogen-bond acceptors (Lipinski definition) is 2. The predicted molar refractivity (Wildman–Crippen MR) is 65.2 cm³/mol. The van der Waals surface area contributed by atoms with Crippen LogP contribution in [0.2, 0.25) is 0 Å². The first-order valence-electron chi connectivity index (χ1n) is 5.45. The normalized spacial score (nSPS) is 19.9. The molecular weight excluding hydrogens is 186 g/mol. The smallest absolute Gasteiger partial charge is 0.0778 e. The van der Waals surface area contributed by atoms with E-state index >= 15 is 0 Å². The highest BCUT2D eigenvalue weighted by molar-refractivity contribution is 5.88. The second-order valence-electron chi connectivity index (χ2n) is 5.13. The fourth-order valence-corrected chi connectivity index (χ4v) is 1.55. The summed E-state index contributed by atoms with van der Waals surface area (Å²) < 4.78 is 0. The lowest BCUT2D eigenvalue weighted by Gasteiger charge is -2.26. The highest BCUT2D eigenvalue weighted by Crippen LogP contribution is 2.23. The largest absolute Gasteiger partial charge is 0.394 e. The highest BCUT2D eigenvalue weighted by atomic mass is 16.3. The molecule has 0 bridgehead atoms. The Hall–Kier alpha value is -0.890. The van der Waals surface area contributed by atoms with Gasteiger partial charge in [-0.25, -0.2) is 0 Å². The Morgan fingerprint density at radius 1 is 1.33 bits per heavy atom. The molecule has 84 valence electrons. The predicted octanol–water partition coefficient (Wildman–Crippen LogP) is 2.60. The van der Waals surface area contributed by atoms with Crippen LogP contribution in [-0.2, 0) is 0 Å². The number of aliphatic hydroxyl groups is 1. The van der Waals surface area contributed by atoms with Crippen molar-refractivity contribution in [3.05, 3.63) is 24.3 Å². The molecule has 0 radical (unpaired) electrons. The minimum absolute atomic E-state index is 0.0140. The number of rotatable bonds is 3. The monoisotopic (exact) mass is 207 g/mol. The van der Waals surface area contributed by atoms with Crippen LogP contribution in [0.5, 0.6) is 0 Å². The van der Waals surface area contributed by atoms with Gasteiger partial charge < -0.3 is 5.11 Å². The van der Waals surface area contributed by atoms with Gasteiger partial charge in [-0.1, -0.05) is 45.1 Å². The van der Waals surface area contributed by atoms with Gasteiger partial charge in [0, 0.05) is 11.6 Å². The number of nitrogens with zero attached hydrogens (tertiary/aromatic N) is 1. The average Bonchev–Trinajstić information content (AvgIpc) is 2.64. The van der Waals surface area contributed by atoms with Crippen molar-refractivity contribution in [1.29, 1.82) is 0 Å². The van der Waals surface area contributed by atoms with E-state index in [2.05, 4.69) is 37.9 Å². The zero-order valence-electron chi connectivity index (χ0n) is 10.1. The van der Waals surface area contributed by atoms with E-state index in [4.69, 9.17) is 0 Å². The van der Waals surface area contributed by atoms with E-state index < -0.39 is 0 Å². The molecule has 0 fully saturated rings. The number of allylic oxidation sites excluding steroid dienone is 4. The zero-order valence-corrected chi connectivity index (χ0v) is 10.1. The summed E-state index contributed by atoms with van der Waals surface area (Å²) in [6, 6.07) is -0.0140. The third kappa shape index (κ3) is 3.31. The van der Waals surface area contributed by atoms with Crippen molar-refractivity contribution in [3.63, 3.8) is 0 Å². The molecule has 0 unspecified atom stereocenters. The molecule has 1 aliphatic carbocycles. The van der Waals surface area contributed by atoms with Crippen LogP contribution >= 0.6 is 0 Å². The molecule has 0 saturated heterocycles. The Bertz CT molecular complexity index is 282. The molecule has 15 heavy (non-hydrogen) atoms. The third-order valence-corrected chi connectivity index (χ3v) is 2.76. The molecule has 2 heteroatoms. The molecule has 0 aromatic rings. The van der Waals surface area contributed by atoms with Crippen molar-refractivity contribution in [2.24, 2.45) is 16.3 Å². The SMILES string of the molecule is CC(=N[C@H](CO)C(C)(C)C)C1C=CC=C1. The summed E-state index contributed by atoms with van der Waals surface area (Å²) >= 11 is 0. The Morgan fingerprint density at radius 3 is 2.27 bits per heavy atom. The van der Waals surface area contributed by atoms with Crippen LogP contribution in [0.25, 0.3) is 0 Å². The molecule has 1 atom stereocenters. The van der Waals surface area contributed by atoms with Crippen molar-refractivity contribution >= 4 is 5.71 Å². The van der Waals surface area contributed by atoms with Gasteiger partial charge in [0.1, 0.15) is 0 Å². The first kappa shape index (κ1) is 12.2. The number of hydrogen-bond donors (Lipinski definition) is 1. The van der Waals surface area contributed by atoms with E-state index in [0.717, 1.165) is 5.71 Å². The van der Waals surface area contributed by atoms with Gasteiger partial charge in [-0.15, -0.1) is 0 Å². The van der Waals surface area contributed by atoms with Gasteiger partial charge in [0.2, 0.25) is 0 Å². The summed E-state index contributed by atoms with van der Waals surface area (Å²) in [4.78, 5) is 4.61. The van der Waals surface area contributed by atoms with E-state index in [1.807, 2.05) is 19.1 Å². The topological polar surface area (TPSA) is 32.6 Å². The summed E-state index contributed by atoms with van der Waals surface area (Å²) in [6.07, 6.45) is 8.31. The number of aliphatic hydroxyl groups excluding tert-OH is 1. The molecular formula is C13H21NO. The minimum Gasteiger partial charge on any atom is -0.394 e. The summed E-state index contributed by atoms with van der Waals surface area (Å²) in [5.41, 5.74) is 1.09. The lowest BCUT2D eigenvalue weighted by Crippen LogP contribution is -2.29. The third-order valence-electron chi connectivity index (χ3n) is 2.76. The van der Waals surface area contributed by atoms with Gasteiger partial charge in [0.05, 0.1) is 12.6 Å². The minimum atomic E-state index is -0.0140. The van der Waals surface area contributed by atoms with Gasteiger partial charge in [-0.3, -0.25) is 4.99 Å². The fourth-order valence-electron chi connectivity index (χ4n) is 1.55. The zero-order chi connectivity index (χ0) is 11.5. The molecule has 0 spiro atoms. The van der Waals surface area contributed by atoms with Crippen LogP contribution in [0.3, 0.4) is 0 Å². The lowest BCUT2D eigenvalue weighted by atomic mass is 9.87. The number of aliphatic imine (C=N–C) groups is 1. The molecule has 0 aliphatic heterocycles. The molecule has 1 N–H and O–H groups in total. The molecule has 0 heterocycles. The first-order valence-corrected chi connectivity index (χ1v) is 5.45. The van der Waals surface area contributed by atoms with Crippen molar-refractivity contribution in [3.8, 4) is 0 Å². The van der Waals surface area contributed by atoms with Crippen LogP contribution in [0.1, 0.15) is 27.7 Å². The highest BCUT2D eigenvalue weighted by Gasteiger charge is 2.23. The Kier molecular flexibility index (Phi) is 3.86. The van der Waals surface area contributed by atoms with Crippen LogP contribution in [0, 0.1) is 11.3 Å². The first-order chi connectivity index (χ1) is 6.95. The standard InChI is InChI=1S/C13H21NO/c1-10(11-7-5-6-8-11)14-12(9-15)13(2,3)4/h5-8,11-12,15H,9H2,1-4H3/t12-/m1/s1. The van der Waals surface area contributed by atoms with Gasteiger partial charge >= 0.3 is 0 Å². The van der Waals surface area contributed by atoms with Crippen LogP contribution in [-0.4, -0.2) is 23.5 Å². The van der Waals surface area contributed by atoms with E-state index in [1.165, 1.54) is 0 Å². The summed E-state index contributed by atoms with van der Waals surface area (Å²) in [5, 5.41) is 9.31.